The maximum Gasteiger partial charge on any atom is 0.277 e. The second-order valence-electron chi connectivity index (χ2n) is 3.70. The molecule has 0 bridgehead atoms. The Balaban J connectivity index is 2.56. The molecule has 0 aliphatic carbocycles. The lowest BCUT2D eigenvalue weighted by atomic mass is 10.2. The fraction of sp³-hybridized carbons (Fsp3) is 0.417. The van der Waals surface area contributed by atoms with E-state index >= 15 is 0 Å². The third-order valence-corrected chi connectivity index (χ3v) is 2.23. The smallest absolute Gasteiger partial charge is 0.277 e. The van der Waals surface area contributed by atoms with E-state index in [2.05, 4.69) is 5.32 Å². The lowest BCUT2D eigenvalue weighted by molar-refractivity contribution is 0.0118. The Morgan fingerprint density at radius 3 is 2.50 bits per heavy atom. The molecule has 18 heavy (non-hydrogen) atoms. The van der Waals surface area contributed by atoms with Crippen LogP contribution in [-0.4, -0.2) is 31.5 Å². The zero-order valence-corrected chi connectivity index (χ0v) is 10.1. The highest BCUT2D eigenvalue weighted by Gasteiger charge is 2.27. The van der Waals surface area contributed by atoms with Gasteiger partial charge in [-0.1, -0.05) is 0 Å². The predicted molar refractivity (Wildman–Crippen MR) is 63.9 cm³/mol. The fourth-order valence-electron chi connectivity index (χ4n) is 1.25. The molecule has 1 aromatic rings. The van der Waals surface area contributed by atoms with Crippen molar-refractivity contribution in [3.8, 4) is 5.75 Å². The molecule has 1 aromatic carbocycles. The monoisotopic (exact) mass is 258 g/mol. The quantitative estimate of drug-likeness (QED) is 0.810. The van der Waals surface area contributed by atoms with Crippen molar-refractivity contribution in [2.45, 2.75) is 12.8 Å². The highest BCUT2D eigenvalue weighted by Crippen LogP contribution is 2.13. The summed E-state index contributed by atoms with van der Waals surface area (Å²) < 4.78 is 30.9. The molecule has 0 unspecified atom stereocenters. The standard InChI is InChI=1S/C12H16F2N2O2/c1-2-18-10-5-3-9(4-6-10)11(17)16-8-12(13,14)7-15/h3-6H,2,7-8,15H2,1H3,(H,16,17). The average Bonchev–Trinajstić information content (AvgIpc) is 2.37. The van der Waals surface area contributed by atoms with Crippen molar-refractivity contribution in [2.75, 3.05) is 19.7 Å². The molecule has 0 spiro atoms. The van der Waals surface area contributed by atoms with Gasteiger partial charge >= 0.3 is 0 Å². The van der Waals surface area contributed by atoms with Crippen molar-refractivity contribution in [3.05, 3.63) is 29.8 Å². The summed E-state index contributed by atoms with van der Waals surface area (Å²) in [4.78, 5) is 11.6. The highest BCUT2D eigenvalue weighted by atomic mass is 19.3. The van der Waals surface area contributed by atoms with Crippen molar-refractivity contribution < 1.29 is 18.3 Å². The molecule has 1 rings (SSSR count). The SMILES string of the molecule is CCOc1ccc(C(=O)NCC(F)(F)CN)cc1. The van der Waals surface area contributed by atoms with Gasteiger partial charge in [-0.2, -0.15) is 0 Å². The van der Waals surface area contributed by atoms with Crippen LogP contribution in [0.3, 0.4) is 0 Å². The molecule has 0 radical (unpaired) electrons. The van der Waals surface area contributed by atoms with Gasteiger partial charge in [0.2, 0.25) is 0 Å². The molecule has 100 valence electrons. The van der Waals surface area contributed by atoms with E-state index in [4.69, 9.17) is 10.5 Å². The third kappa shape index (κ3) is 4.29. The maximum atomic E-state index is 12.8. The zero-order valence-electron chi connectivity index (χ0n) is 10.1. The normalized spacial score (nSPS) is 11.1. The van der Waals surface area contributed by atoms with Gasteiger partial charge in [0, 0.05) is 5.56 Å². The van der Waals surface area contributed by atoms with Crippen LogP contribution in [-0.2, 0) is 0 Å². The lowest BCUT2D eigenvalue weighted by Gasteiger charge is -2.14. The molecule has 0 heterocycles. The number of alkyl halides is 2. The van der Waals surface area contributed by atoms with Gasteiger partial charge in [-0.3, -0.25) is 4.79 Å². The van der Waals surface area contributed by atoms with Crippen LogP contribution in [0.25, 0.3) is 0 Å². The summed E-state index contributed by atoms with van der Waals surface area (Å²) in [5.41, 5.74) is 5.16. The summed E-state index contributed by atoms with van der Waals surface area (Å²) in [6.07, 6.45) is 0. The topological polar surface area (TPSA) is 64.3 Å². The molecule has 3 N–H and O–H groups in total. The van der Waals surface area contributed by atoms with Gasteiger partial charge in [-0.25, -0.2) is 8.78 Å². The first-order chi connectivity index (χ1) is 8.48. The molecular formula is C12H16F2N2O2. The van der Waals surface area contributed by atoms with Crippen LogP contribution >= 0.6 is 0 Å². The van der Waals surface area contributed by atoms with E-state index in [1.54, 1.807) is 12.1 Å². The van der Waals surface area contributed by atoms with Crippen molar-refractivity contribution in [3.63, 3.8) is 0 Å². The Labute approximate surface area is 104 Å². The van der Waals surface area contributed by atoms with Gasteiger partial charge in [-0.15, -0.1) is 0 Å². The summed E-state index contributed by atoms with van der Waals surface area (Å²) in [5.74, 6) is -3.02. The Bertz CT molecular complexity index is 394. The predicted octanol–water partition coefficient (Wildman–Crippen LogP) is 1.41. The van der Waals surface area contributed by atoms with E-state index in [1.165, 1.54) is 12.1 Å². The Morgan fingerprint density at radius 2 is 2.00 bits per heavy atom. The molecule has 6 heteroatoms. The number of hydrogen-bond donors (Lipinski definition) is 2. The second-order valence-corrected chi connectivity index (χ2v) is 3.70. The molecule has 1 amide bonds. The van der Waals surface area contributed by atoms with Gasteiger partial charge in [0.05, 0.1) is 19.7 Å². The van der Waals surface area contributed by atoms with Crippen LogP contribution in [0.4, 0.5) is 8.78 Å². The number of amides is 1. The number of ether oxygens (including phenoxy) is 1. The van der Waals surface area contributed by atoms with Gasteiger partial charge in [0.1, 0.15) is 5.75 Å². The average molecular weight is 258 g/mol. The van der Waals surface area contributed by atoms with Crippen LogP contribution in [0.2, 0.25) is 0 Å². The highest BCUT2D eigenvalue weighted by molar-refractivity contribution is 5.94. The van der Waals surface area contributed by atoms with E-state index in [1.807, 2.05) is 6.92 Å². The number of carbonyl (C=O) groups is 1. The minimum atomic E-state index is -3.08. The fourth-order valence-corrected chi connectivity index (χ4v) is 1.25. The van der Waals surface area contributed by atoms with E-state index < -0.39 is 24.9 Å². The van der Waals surface area contributed by atoms with Crippen molar-refractivity contribution in [1.29, 1.82) is 0 Å². The summed E-state index contributed by atoms with van der Waals surface area (Å²) >= 11 is 0. The summed E-state index contributed by atoms with van der Waals surface area (Å²) in [6.45, 7) is 0.801. The summed E-state index contributed by atoms with van der Waals surface area (Å²) in [7, 11) is 0. The van der Waals surface area contributed by atoms with E-state index in [0.29, 0.717) is 17.9 Å². The number of halogens is 2. The molecule has 0 saturated heterocycles. The minimum Gasteiger partial charge on any atom is -0.494 e. The molecule has 0 aliphatic rings. The Hall–Kier alpha value is -1.69. The van der Waals surface area contributed by atoms with Gasteiger partial charge in [0.15, 0.2) is 0 Å². The Morgan fingerprint density at radius 1 is 1.39 bits per heavy atom. The van der Waals surface area contributed by atoms with Crippen molar-refractivity contribution >= 4 is 5.91 Å². The number of hydrogen-bond acceptors (Lipinski definition) is 3. The van der Waals surface area contributed by atoms with Gasteiger partial charge in [-0.05, 0) is 31.2 Å². The number of benzene rings is 1. The third-order valence-electron chi connectivity index (χ3n) is 2.23. The van der Waals surface area contributed by atoms with Crippen LogP contribution in [0.1, 0.15) is 17.3 Å². The molecule has 0 aliphatic heterocycles. The summed E-state index contributed by atoms with van der Waals surface area (Å²) in [5, 5.41) is 2.13. The van der Waals surface area contributed by atoms with E-state index in [0.717, 1.165) is 0 Å². The van der Waals surface area contributed by atoms with Crippen LogP contribution in [0.5, 0.6) is 5.75 Å². The van der Waals surface area contributed by atoms with Crippen LogP contribution in [0.15, 0.2) is 24.3 Å². The number of nitrogens with two attached hydrogens (primary N) is 1. The molecule has 0 saturated carbocycles. The maximum absolute atomic E-state index is 12.8. The second kappa shape index (κ2) is 6.30. The van der Waals surface area contributed by atoms with Gasteiger partial charge in [0.25, 0.3) is 11.8 Å². The van der Waals surface area contributed by atoms with E-state index in [9.17, 15) is 13.6 Å². The number of rotatable bonds is 6. The largest absolute Gasteiger partial charge is 0.494 e. The molecule has 0 aromatic heterocycles. The Kier molecular flexibility index (Phi) is 5.03. The number of carbonyl (C=O) groups excluding carboxylic acids is 1. The molecule has 0 atom stereocenters. The van der Waals surface area contributed by atoms with Crippen molar-refractivity contribution in [2.24, 2.45) is 5.73 Å². The zero-order chi connectivity index (χ0) is 13.6. The van der Waals surface area contributed by atoms with Crippen LogP contribution < -0.4 is 15.8 Å². The van der Waals surface area contributed by atoms with E-state index in [-0.39, 0.29) is 0 Å². The van der Waals surface area contributed by atoms with Gasteiger partial charge < -0.3 is 15.8 Å². The van der Waals surface area contributed by atoms with Crippen molar-refractivity contribution in [1.82, 2.24) is 5.32 Å². The first-order valence-electron chi connectivity index (χ1n) is 5.57. The van der Waals surface area contributed by atoms with Crippen LogP contribution in [0, 0.1) is 0 Å². The molecular weight excluding hydrogens is 242 g/mol. The lowest BCUT2D eigenvalue weighted by Crippen LogP contribution is -2.41. The molecule has 4 nitrogen and oxygen atoms in total. The number of nitrogens with one attached hydrogen (secondary N) is 1. The minimum absolute atomic E-state index is 0.297. The molecule has 0 fully saturated rings. The first-order valence-corrected chi connectivity index (χ1v) is 5.57. The summed E-state index contributed by atoms with van der Waals surface area (Å²) in [6, 6.07) is 6.25. The first kappa shape index (κ1) is 14.4.